The van der Waals surface area contributed by atoms with Crippen molar-refractivity contribution in [3.05, 3.63) is 0 Å². The quantitative estimate of drug-likeness (QED) is 0.557. The third-order valence-electron chi connectivity index (χ3n) is 2.56. The first kappa shape index (κ1) is 13.4. The molecule has 96 valence electrons. The molecule has 4 N–H and O–H groups in total. The molecule has 1 aliphatic heterocycles. The van der Waals surface area contributed by atoms with Gasteiger partial charge in [0, 0.05) is 19.5 Å². The third kappa shape index (κ3) is 4.39. The molecule has 1 fully saturated rings. The van der Waals surface area contributed by atoms with E-state index in [0.29, 0.717) is 19.5 Å². The highest BCUT2D eigenvalue weighted by atomic mass is 16.4. The standard InChI is InChI=1S/C10H17N3O4/c11-7(2-3-9(15)16)10(17)13-5-1-4-12-8(14)6-13/h7H,1-6,11H2,(H,12,14)(H,15,16). The van der Waals surface area contributed by atoms with E-state index < -0.39 is 12.0 Å². The Morgan fingerprint density at radius 1 is 1.53 bits per heavy atom. The fourth-order valence-corrected chi connectivity index (χ4v) is 1.63. The molecule has 1 atom stereocenters. The van der Waals surface area contributed by atoms with Crippen molar-refractivity contribution in [1.82, 2.24) is 10.2 Å². The average molecular weight is 243 g/mol. The van der Waals surface area contributed by atoms with Crippen LogP contribution in [0.5, 0.6) is 0 Å². The van der Waals surface area contributed by atoms with Gasteiger partial charge in [0.1, 0.15) is 0 Å². The smallest absolute Gasteiger partial charge is 0.303 e. The number of hydrogen-bond donors (Lipinski definition) is 3. The van der Waals surface area contributed by atoms with Gasteiger partial charge in [-0.3, -0.25) is 14.4 Å². The van der Waals surface area contributed by atoms with Gasteiger partial charge in [-0.25, -0.2) is 0 Å². The summed E-state index contributed by atoms with van der Waals surface area (Å²) in [5.74, 6) is -1.55. The molecular weight excluding hydrogens is 226 g/mol. The maximum Gasteiger partial charge on any atom is 0.303 e. The van der Waals surface area contributed by atoms with E-state index in [0.717, 1.165) is 0 Å². The van der Waals surface area contributed by atoms with E-state index in [1.54, 1.807) is 0 Å². The predicted molar refractivity (Wildman–Crippen MR) is 59.1 cm³/mol. The Bertz CT molecular complexity index is 319. The zero-order valence-electron chi connectivity index (χ0n) is 9.52. The fraction of sp³-hybridized carbons (Fsp3) is 0.700. The van der Waals surface area contributed by atoms with Crippen LogP contribution in [0, 0.1) is 0 Å². The van der Waals surface area contributed by atoms with Gasteiger partial charge in [-0.05, 0) is 12.8 Å². The van der Waals surface area contributed by atoms with Crippen molar-refractivity contribution in [3.8, 4) is 0 Å². The SMILES string of the molecule is NC(CCC(=O)O)C(=O)N1CCCNC(=O)C1. The molecule has 0 radical (unpaired) electrons. The van der Waals surface area contributed by atoms with Crippen LogP contribution in [0.3, 0.4) is 0 Å². The molecule has 0 aromatic heterocycles. The Morgan fingerprint density at radius 3 is 2.88 bits per heavy atom. The Balaban J connectivity index is 2.49. The maximum absolute atomic E-state index is 11.8. The third-order valence-corrected chi connectivity index (χ3v) is 2.56. The number of carboxylic acids is 1. The Kier molecular flexibility index (Phi) is 4.89. The number of aliphatic carboxylic acids is 1. The van der Waals surface area contributed by atoms with Crippen molar-refractivity contribution in [3.63, 3.8) is 0 Å². The van der Waals surface area contributed by atoms with E-state index in [4.69, 9.17) is 10.8 Å². The molecule has 0 aliphatic carbocycles. The molecule has 0 aromatic rings. The molecule has 2 amide bonds. The van der Waals surface area contributed by atoms with Gasteiger partial charge < -0.3 is 21.1 Å². The highest BCUT2D eigenvalue weighted by molar-refractivity contribution is 5.88. The van der Waals surface area contributed by atoms with Gasteiger partial charge in [-0.1, -0.05) is 0 Å². The zero-order valence-corrected chi connectivity index (χ0v) is 9.52. The summed E-state index contributed by atoms with van der Waals surface area (Å²) in [6, 6.07) is -0.850. The van der Waals surface area contributed by atoms with Gasteiger partial charge in [0.2, 0.25) is 11.8 Å². The maximum atomic E-state index is 11.8. The molecule has 1 rings (SSSR count). The van der Waals surface area contributed by atoms with Crippen LogP contribution in [0.2, 0.25) is 0 Å². The van der Waals surface area contributed by atoms with Gasteiger partial charge in [0.25, 0.3) is 0 Å². The average Bonchev–Trinajstić information content (AvgIpc) is 2.49. The summed E-state index contributed by atoms with van der Waals surface area (Å²) < 4.78 is 0. The minimum Gasteiger partial charge on any atom is -0.481 e. The Labute approximate surface area is 98.9 Å². The summed E-state index contributed by atoms with van der Waals surface area (Å²) in [6.07, 6.45) is 0.627. The first-order chi connectivity index (χ1) is 8.00. The second-order valence-corrected chi connectivity index (χ2v) is 4.00. The minimum absolute atomic E-state index is 0.000392. The molecule has 1 aliphatic rings. The summed E-state index contributed by atoms with van der Waals surface area (Å²) in [7, 11) is 0. The van der Waals surface area contributed by atoms with E-state index in [2.05, 4.69) is 5.32 Å². The van der Waals surface area contributed by atoms with Crippen molar-refractivity contribution in [2.75, 3.05) is 19.6 Å². The number of rotatable bonds is 4. The number of carbonyl (C=O) groups excluding carboxylic acids is 2. The van der Waals surface area contributed by atoms with Crippen LogP contribution in [0.15, 0.2) is 0 Å². The monoisotopic (exact) mass is 243 g/mol. The van der Waals surface area contributed by atoms with E-state index in [-0.39, 0.29) is 31.2 Å². The molecule has 1 saturated heterocycles. The van der Waals surface area contributed by atoms with Crippen LogP contribution >= 0.6 is 0 Å². The van der Waals surface area contributed by atoms with Crippen LogP contribution in [0.1, 0.15) is 19.3 Å². The lowest BCUT2D eigenvalue weighted by Gasteiger charge is -2.22. The lowest BCUT2D eigenvalue weighted by Crippen LogP contribution is -2.46. The van der Waals surface area contributed by atoms with Crippen LogP contribution < -0.4 is 11.1 Å². The van der Waals surface area contributed by atoms with Crippen molar-refractivity contribution < 1.29 is 19.5 Å². The second kappa shape index (κ2) is 6.19. The second-order valence-electron chi connectivity index (χ2n) is 4.00. The highest BCUT2D eigenvalue weighted by Gasteiger charge is 2.24. The largest absolute Gasteiger partial charge is 0.481 e. The number of hydrogen-bond acceptors (Lipinski definition) is 4. The molecule has 17 heavy (non-hydrogen) atoms. The van der Waals surface area contributed by atoms with Crippen molar-refractivity contribution in [2.24, 2.45) is 5.73 Å². The summed E-state index contributed by atoms with van der Waals surface area (Å²) in [4.78, 5) is 34.8. The zero-order chi connectivity index (χ0) is 12.8. The van der Waals surface area contributed by atoms with Crippen molar-refractivity contribution in [2.45, 2.75) is 25.3 Å². The molecule has 7 nitrogen and oxygen atoms in total. The lowest BCUT2D eigenvalue weighted by molar-refractivity contribution is -0.138. The van der Waals surface area contributed by atoms with E-state index in [1.807, 2.05) is 0 Å². The molecule has 7 heteroatoms. The van der Waals surface area contributed by atoms with Gasteiger partial charge in [-0.15, -0.1) is 0 Å². The Morgan fingerprint density at radius 2 is 2.24 bits per heavy atom. The number of nitrogens with zero attached hydrogens (tertiary/aromatic N) is 1. The number of carboxylic acid groups (broad SMARTS) is 1. The molecule has 0 saturated carbocycles. The van der Waals surface area contributed by atoms with Gasteiger partial charge in [0.05, 0.1) is 12.6 Å². The fourth-order valence-electron chi connectivity index (χ4n) is 1.63. The molecule has 0 aromatic carbocycles. The van der Waals surface area contributed by atoms with Crippen molar-refractivity contribution in [1.29, 1.82) is 0 Å². The number of nitrogens with two attached hydrogens (primary N) is 1. The highest BCUT2D eigenvalue weighted by Crippen LogP contribution is 2.03. The van der Waals surface area contributed by atoms with E-state index in [1.165, 1.54) is 4.90 Å². The number of amides is 2. The number of carbonyl (C=O) groups is 3. The molecule has 1 unspecified atom stereocenters. The summed E-state index contributed by atoms with van der Waals surface area (Å²) in [6.45, 7) is 1.02. The molecule has 0 spiro atoms. The predicted octanol–water partition coefficient (Wildman–Crippen LogP) is -1.47. The van der Waals surface area contributed by atoms with Crippen molar-refractivity contribution >= 4 is 17.8 Å². The van der Waals surface area contributed by atoms with Crippen LogP contribution in [0.25, 0.3) is 0 Å². The van der Waals surface area contributed by atoms with Gasteiger partial charge in [0.15, 0.2) is 0 Å². The van der Waals surface area contributed by atoms with E-state index >= 15 is 0 Å². The van der Waals surface area contributed by atoms with Gasteiger partial charge in [-0.2, -0.15) is 0 Å². The van der Waals surface area contributed by atoms with E-state index in [9.17, 15) is 14.4 Å². The molecule has 1 heterocycles. The first-order valence-electron chi connectivity index (χ1n) is 5.53. The summed E-state index contributed by atoms with van der Waals surface area (Å²) >= 11 is 0. The van der Waals surface area contributed by atoms with Crippen LogP contribution in [0.4, 0.5) is 0 Å². The lowest BCUT2D eigenvalue weighted by atomic mass is 10.1. The minimum atomic E-state index is -0.984. The summed E-state index contributed by atoms with van der Waals surface area (Å²) in [5, 5.41) is 11.1. The van der Waals surface area contributed by atoms with Crippen LogP contribution in [-0.2, 0) is 14.4 Å². The normalized spacial score (nSPS) is 18.2. The number of nitrogens with one attached hydrogen (secondary N) is 1. The van der Waals surface area contributed by atoms with Gasteiger partial charge >= 0.3 is 5.97 Å². The summed E-state index contributed by atoms with van der Waals surface area (Å²) in [5.41, 5.74) is 5.61. The first-order valence-corrected chi connectivity index (χ1v) is 5.53. The topological polar surface area (TPSA) is 113 Å². The Hall–Kier alpha value is -1.63. The van der Waals surface area contributed by atoms with Crippen LogP contribution in [-0.4, -0.2) is 53.5 Å². The molecular formula is C10H17N3O4. The molecule has 0 bridgehead atoms.